The van der Waals surface area contributed by atoms with Crippen molar-refractivity contribution in [2.45, 2.75) is 45.0 Å². The standard InChI is InChI=1S/C21H22F3NO3/c1-14(11-12-16-7-4-3-5-8-16)25-19(26)15(2)28-20(27)17-9-6-10-18(13-17)21(22,23)24/h3-10,13-15H,11-12H2,1-2H3,(H,25,26)/t14-,15-/m0/s1. The number of aryl methyl sites for hydroxylation is 1. The monoisotopic (exact) mass is 393 g/mol. The van der Waals surface area contributed by atoms with E-state index >= 15 is 0 Å². The van der Waals surface area contributed by atoms with Gasteiger partial charge in [-0.25, -0.2) is 4.79 Å². The van der Waals surface area contributed by atoms with Gasteiger partial charge >= 0.3 is 12.1 Å². The highest BCUT2D eigenvalue weighted by Crippen LogP contribution is 2.29. The summed E-state index contributed by atoms with van der Waals surface area (Å²) in [7, 11) is 0. The molecule has 0 saturated heterocycles. The van der Waals surface area contributed by atoms with Crippen LogP contribution in [0.25, 0.3) is 0 Å². The molecular weight excluding hydrogens is 371 g/mol. The van der Waals surface area contributed by atoms with Crippen LogP contribution >= 0.6 is 0 Å². The second kappa shape index (κ2) is 9.39. The van der Waals surface area contributed by atoms with Gasteiger partial charge in [0.25, 0.3) is 5.91 Å². The smallest absolute Gasteiger partial charge is 0.416 e. The van der Waals surface area contributed by atoms with Crippen LogP contribution in [-0.2, 0) is 22.1 Å². The van der Waals surface area contributed by atoms with Crippen molar-refractivity contribution in [3.05, 3.63) is 71.3 Å². The van der Waals surface area contributed by atoms with Crippen LogP contribution in [0, 0.1) is 0 Å². The second-order valence-corrected chi connectivity index (χ2v) is 6.56. The summed E-state index contributed by atoms with van der Waals surface area (Å²) in [4.78, 5) is 24.3. The Hall–Kier alpha value is -2.83. The highest BCUT2D eigenvalue weighted by atomic mass is 19.4. The average molecular weight is 393 g/mol. The van der Waals surface area contributed by atoms with Gasteiger partial charge in [-0.3, -0.25) is 4.79 Å². The Labute approximate surface area is 161 Å². The highest BCUT2D eigenvalue weighted by Gasteiger charge is 2.31. The van der Waals surface area contributed by atoms with Crippen molar-refractivity contribution in [1.82, 2.24) is 5.32 Å². The van der Waals surface area contributed by atoms with Gasteiger partial charge in [-0.1, -0.05) is 36.4 Å². The molecule has 4 nitrogen and oxygen atoms in total. The van der Waals surface area contributed by atoms with Gasteiger partial charge < -0.3 is 10.1 Å². The van der Waals surface area contributed by atoms with E-state index in [0.717, 1.165) is 24.1 Å². The number of alkyl halides is 3. The SMILES string of the molecule is C[C@H](OC(=O)c1cccc(C(F)(F)F)c1)C(=O)N[C@@H](C)CCc1ccccc1. The van der Waals surface area contributed by atoms with Crippen molar-refractivity contribution in [2.24, 2.45) is 0 Å². The number of rotatable bonds is 7. The average Bonchev–Trinajstić information content (AvgIpc) is 2.66. The lowest BCUT2D eigenvalue weighted by Crippen LogP contribution is -2.41. The molecule has 0 unspecified atom stereocenters. The quantitative estimate of drug-likeness (QED) is 0.710. The molecule has 0 aliphatic rings. The highest BCUT2D eigenvalue weighted by molar-refractivity contribution is 5.92. The second-order valence-electron chi connectivity index (χ2n) is 6.56. The minimum atomic E-state index is -4.56. The third-order valence-electron chi connectivity index (χ3n) is 4.18. The molecule has 7 heteroatoms. The Balaban J connectivity index is 1.86. The maximum Gasteiger partial charge on any atom is 0.416 e. The molecule has 1 amide bonds. The van der Waals surface area contributed by atoms with Crippen molar-refractivity contribution in [3.8, 4) is 0 Å². The molecule has 2 aromatic carbocycles. The summed E-state index contributed by atoms with van der Waals surface area (Å²) < 4.78 is 43.2. The summed E-state index contributed by atoms with van der Waals surface area (Å²) in [6, 6.07) is 13.5. The number of amides is 1. The third kappa shape index (κ3) is 6.40. The maximum absolute atomic E-state index is 12.7. The predicted molar refractivity (Wildman–Crippen MR) is 98.7 cm³/mol. The summed E-state index contributed by atoms with van der Waals surface area (Å²) in [5.41, 5.74) is -0.0622. The van der Waals surface area contributed by atoms with Crippen molar-refractivity contribution < 1.29 is 27.5 Å². The Kier molecular flexibility index (Phi) is 7.20. The molecule has 2 aromatic rings. The van der Waals surface area contributed by atoms with E-state index < -0.39 is 29.7 Å². The topological polar surface area (TPSA) is 55.4 Å². The van der Waals surface area contributed by atoms with Crippen molar-refractivity contribution in [1.29, 1.82) is 0 Å². The van der Waals surface area contributed by atoms with Gasteiger partial charge in [0.05, 0.1) is 11.1 Å². The number of ether oxygens (including phenoxy) is 1. The van der Waals surface area contributed by atoms with E-state index in [-0.39, 0.29) is 11.6 Å². The fourth-order valence-corrected chi connectivity index (χ4v) is 2.56. The van der Waals surface area contributed by atoms with Crippen molar-refractivity contribution >= 4 is 11.9 Å². The number of carbonyl (C=O) groups is 2. The normalized spacial score (nSPS) is 13.5. The maximum atomic E-state index is 12.7. The first-order valence-corrected chi connectivity index (χ1v) is 8.89. The van der Waals surface area contributed by atoms with Crippen LogP contribution in [0.2, 0.25) is 0 Å². The van der Waals surface area contributed by atoms with E-state index in [9.17, 15) is 22.8 Å². The van der Waals surface area contributed by atoms with Crippen LogP contribution in [0.5, 0.6) is 0 Å². The zero-order chi connectivity index (χ0) is 20.7. The first-order valence-electron chi connectivity index (χ1n) is 8.89. The summed E-state index contributed by atoms with van der Waals surface area (Å²) in [5, 5.41) is 2.75. The zero-order valence-electron chi connectivity index (χ0n) is 15.6. The van der Waals surface area contributed by atoms with Gasteiger partial charge in [0.2, 0.25) is 0 Å². The molecular formula is C21H22F3NO3. The van der Waals surface area contributed by atoms with Gasteiger partial charge in [-0.15, -0.1) is 0 Å². The lowest BCUT2D eigenvalue weighted by Gasteiger charge is -2.18. The van der Waals surface area contributed by atoms with Gasteiger partial charge in [-0.05, 0) is 50.5 Å². The van der Waals surface area contributed by atoms with Crippen LogP contribution < -0.4 is 5.32 Å². The lowest BCUT2D eigenvalue weighted by molar-refractivity contribution is -0.137. The molecule has 0 aliphatic carbocycles. The summed E-state index contributed by atoms with van der Waals surface area (Å²) in [6.45, 7) is 3.22. The van der Waals surface area contributed by atoms with Gasteiger partial charge in [-0.2, -0.15) is 13.2 Å². The van der Waals surface area contributed by atoms with Crippen LogP contribution in [0.15, 0.2) is 54.6 Å². The molecule has 28 heavy (non-hydrogen) atoms. The van der Waals surface area contributed by atoms with Gasteiger partial charge in [0, 0.05) is 6.04 Å². The minimum absolute atomic E-state index is 0.151. The summed E-state index contributed by atoms with van der Waals surface area (Å²) in [5.74, 6) is -1.48. The van der Waals surface area contributed by atoms with E-state index in [4.69, 9.17) is 4.74 Å². The van der Waals surface area contributed by atoms with E-state index in [2.05, 4.69) is 5.32 Å². The third-order valence-corrected chi connectivity index (χ3v) is 4.18. The molecule has 0 spiro atoms. The molecule has 0 radical (unpaired) electrons. The van der Waals surface area contributed by atoms with Gasteiger partial charge in [0.1, 0.15) is 0 Å². The van der Waals surface area contributed by atoms with E-state index in [1.54, 1.807) is 0 Å². The van der Waals surface area contributed by atoms with E-state index in [1.807, 2.05) is 37.3 Å². The molecule has 0 fully saturated rings. The largest absolute Gasteiger partial charge is 0.449 e. The molecule has 0 heterocycles. The molecule has 150 valence electrons. The molecule has 2 rings (SSSR count). The molecule has 0 aromatic heterocycles. The Morgan fingerprint density at radius 2 is 1.71 bits per heavy atom. The molecule has 0 saturated carbocycles. The minimum Gasteiger partial charge on any atom is -0.449 e. The fourth-order valence-electron chi connectivity index (χ4n) is 2.56. The first-order chi connectivity index (χ1) is 13.2. The van der Waals surface area contributed by atoms with Crippen LogP contribution in [0.1, 0.15) is 41.8 Å². The van der Waals surface area contributed by atoms with Crippen molar-refractivity contribution in [2.75, 3.05) is 0 Å². The van der Waals surface area contributed by atoms with Crippen LogP contribution in [0.3, 0.4) is 0 Å². The van der Waals surface area contributed by atoms with Gasteiger partial charge in [0.15, 0.2) is 6.10 Å². The number of hydrogen-bond donors (Lipinski definition) is 1. The first kappa shape index (κ1) is 21.5. The number of benzene rings is 2. The predicted octanol–water partition coefficient (Wildman–Crippen LogP) is 4.39. The Morgan fingerprint density at radius 1 is 1.04 bits per heavy atom. The molecule has 1 N–H and O–H groups in total. The van der Waals surface area contributed by atoms with E-state index in [1.165, 1.54) is 13.0 Å². The lowest BCUT2D eigenvalue weighted by atomic mass is 10.1. The van der Waals surface area contributed by atoms with Crippen LogP contribution in [-0.4, -0.2) is 24.0 Å². The number of esters is 1. The fraction of sp³-hybridized carbons (Fsp3) is 0.333. The Morgan fingerprint density at radius 3 is 2.36 bits per heavy atom. The zero-order valence-corrected chi connectivity index (χ0v) is 15.6. The summed E-state index contributed by atoms with van der Waals surface area (Å²) >= 11 is 0. The van der Waals surface area contributed by atoms with Crippen molar-refractivity contribution in [3.63, 3.8) is 0 Å². The number of nitrogens with one attached hydrogen (secondary N) is 1. The molecule has 0 bridgehead atoms. The van der Waals surface area contributed by atoms with Crippen LogP contribution in [0.4, 0.5) is 13.2 Å². The molecule has 2 atom stereocenters. The number of hydrogen-bond acceptors (Lipinski definition) is 3. The Bertz CT molecular complexity index is 806. The van der Waals surface area contributed by atoms with E-state index in [0.29, 0.717) is 12.5 Å². The number of carbonyl (C=O) groups excluding carboxylic acids is 2. The number of halogens is 3. The summed E-state index contributed by atoms with van der Waals surface area (Å²) in [6.07, 6.45) is -4.21. The molecule has 0 aliphatic heterocycles.